The summed E-state index contributed by atoms with van der Waals surface area (Å²) in [7, 11) is 0.553. The van der Waals surface area contributed by atoms with E-state index >= 15 is 0 Å². The average Bonchev–Trinajstić information content (AvgIpc) is 2.54. The molecule has 0 aliphatic carbocycles. The van der Waals surface area contributed by atoms with Gasteiger partial charge in [0, 0.05) is 25.3 Å². The molecule has 2 aromatic rings. The largest absolute Gasteiger partial charge is 0.494 e. The lowest BCUT2D eigenvalue weighted by Gasteiger charge is -2.13. The first-order valence-electron chi connectivity index (χ1n) is 6.93. The van der Waals surface area contributed by atoms with E-state index in [0.29, 0.717) is 5.69 Å². The molecule has 0 heterocycles. The van der Waals surface area contributed by atoms with E-state index in [-0.39, 0.29) is 16.2 Å². The molecule has 1 N–H and O–H groups in total. The maximum Gasteiger partial charge on any atom is 0.255 e. The molecule has 0 radical (unpaired) electrons. The number of carbonyl (C=O) groups is 1. The highest BCUT2D eigenvalue weighted by atomic mass is 32.2. The minimum atomic E-state index is -3.61. The summed E-state index contributed by atoms with van der Waals surface area (Å²) in [5.41, 5.74) is 0.383. The van der Waals surface area contributed by atoms with Gasteiger partial charge in [0.1, 0.15) is 0 Å². The molecule has 0 unspecified atom stereocenters. The summed E-state index contributed by atoms with van der Waals surface area (Å²) in [5.74, 6) is -1.18. The SMILES string of the molecule is COc1ccc(C(=O)Nc2cccc(S(=O)(=O)N(C)C)c2)cc1F. The Morgan fingerprint density at radius 3 is 2.46 bits per heavy atom. The van der Waals surface area contributed by atoms with Crippen molar-refractivity contribution in [1.82, 2.24) is 4.31 Å². The molecule has 0 atom stereocenters. The summed E-state index contributed by atoms with van der Waals surface area (Å²) in [6.07, 6.45) is 0. The Morgan fingerprint density at radius 1 is 1.17 bits per heavy atom. The van der Waals surface area contributed by atoms with Crippen molar-refractivity contribution in [2.75, 3.05) is 26.5 Å². The Balaban J connectivity index is 2.25. The number of anilines is 1. The number of nitrogens with one attached hydrogen (secondary N) is 1. The van der Waals surface area contributed by atoms with Gasteiger partial charge in [-0.15, -0.1) is 0 Å². The molecule has 0 fully saturated rings. The van der Waals surface area contributed by atoms with E-state index in [1.54, 1.807) is 6.07 Å². The fourth-order valence-electron chi connectivity index (χ4n) is 1.96. The predicted octanol–water partition coefficient (Wildman–Crippen LogP) is 2.34. The second kappa shape index (κ2) is 6.98. The number of methoxy groups -OCH3 is 1. The molecule has 0 spiro atoms. The Morgan fingerprint density at radius 2 is 1.88 bits per heavy atom. The zero-order chi connectivity index (χ0) is 17.9. The van der Waals surface area contributed by atoms with Gasteiger partial charge in [-0.1, -0.05) is 6.07 Å². The van der Waals surface area contributed by atoms with Gasteiger partial charge in [0.2, 0.25) is 10.0 Å². The van der Waals surface area contributed by atoms with Crippen LogP contribution in [0.2, 0.25) is 0 Å². The lowest BCUT2D eigenvalue weighted by molar-refractivity contribution is 0.102. The number of amides is 1. The Labute approximate surface area is 139 Å². The quantitative estimate of drug-likeness (QED) is 0.896. The van der Waals surface area contributed by atoms with E-state index in [9.17, 15) is 17.6 Å². The molecule has 2 rings (SSSR count). The summed E-state index contributed by atoms with van der Waals surface area (Å²) in [6, 6.07) is 9.64. The molecular weight excluding hydrogens is 335 g/mol. The van der Waals surface area contributed by atoms with Gasteiger partial charge >= 0.3 is 0 Å². The predicted molar refractivity (Wildman–Crippen MR) is 88.2 cm³/mol. The summed E-state index contributed by atoms with van der Waals surface area (Å²) < 4.78 is 43.8. The van der Waals surface area contributed by atoms with Crippen LogP contribution >= 0.6 is 0 Å². The molecule has 2 aromatic carbocycles. The highest BCUT2D eigenvalue weighted by Crippen LogP contribution is 2.21. The lowest BCUT2D eigenvalue weighted by Crippen LogP contribution is -2.22. The number of carbonyl (C=O) groups excluding carboxylic acids is 1. The fraction of sp³-hybridized carbons (Fsp3) is 0.188. The minimum absolute atomic E-state index is 0.0330. The summed E-state index contributed by atoms with van der Waals surface area (Å²) >= 11 is 0. The number of nitrogens with zero attached hydrogens (tertiary/aromatic N) is 1. The second-order valence-electron chi connectivity index (χ2n) is 5.12. The number of sulfonamides is 1. The third-order valence-electron chi connectivity index (χ3n) is 3.28. The molecule has 128 valence electrons. The highest BCUT2D eigenvalue weighted by Gasteiger charge is 2.18. The Kier molecular flexibility index (Phi) is 5.20. The Bertz CT molecular complexity index is 866. The molecule has 6 nitrogen and oxygen atoms in total. The van der Waals surface area contributed by atoms with Crippen molar-refractivity contribution >= 4 is 21.6 Å². The number of rotatable bonds is 5. The molecule has 1 amide bonds. The smallest absolute Gasteiger partial charge is 0.255 e. The van der Waals surface area contributed by atoms with Crippen molar-refractivity contribution in [3.8, 4) is 5.75 Å². The number of benzene rings is 2. The lowest BCUT2D eigenvalue weighted by atomic mass is 10.2. The number of hydrogen-bond acceptors (Lipinski definition) is 4. The van der Waals surface area contributed by atoms with Crippen molar-refractivity contribution in [1.29, 1.82) is 0 Å². The standard InChI is InChI=1S/C16H17FN2O4S/c1-19(2)24(21,22)13-6-4-5-12(10-13)18-16(20)11-7-8-15(23-3)14(17)9-11/h4-10H,1-3H3,(H,18,20). The third-order valence-corrected chi connectivity index (χ3v) is 5.10. The first kappa shape index (κ1) is 17.9. The van der Waals surface area contributed by atoms with E-state index in [1.165, 1.54) is 51.5 Å². The van der Waals surface area contributed by atoms with E-state index < -0.39 is 21.7 Å². The average molecular weight is 352 g/mol. The zero-order valence-corrected chi connectivity index (χ0v) is 14.2. The fourth-order valence-corrected chi connectivity index (χ4v) is 2.90. The van der Waals surface area contributed by atoms with Crippen molar-refractivity contribution < 1.29 is 22.3 Å². The first-order chi connectivity index (χ1) is 11.3. The van der Waals surface area contributed by atoms with Crippen molar-refractivity contribution in [2.24, 2.45) is 0 Å². The van der Waals surface area contributed by atoms with E-state index in [2.05, 4.69) is 5.32 Å². The molecule has 0 saturated heterocycles. The number of halogens is 1. The van der Waals surface area contributed by atoms with E-state index in [0.717, 1.165) is 10.4 Å². The topological polar surface area (TPSA) is 75.7 Å². The van der Waals surface area contributed by atoms with Crippen LogP contribution in [0.4, 0.5) is 10.1 Å². The molecule has 0 aliphatic rings. The van der Waals surface area contributed by atoms with Crippen LogP contribution in [-0.2, 0) is 10.0 Å². The molecule has 0 bridgehead atoms. The maximum absolute atomic E-state index is 13.7. The van der Waals surface area contributed by atoms with Gasteiger partial charge in [0.15, 0.2) is 11.6 Å². The van der Waals surface area contributed by atoms with Crippen LogP contribution in [0, 0.1) is 5.82 Å². The van der Waals surface area contributed by atoms with Gasteiger partial charge in [0.05, 0.1) is 12.0 Å². The third kappa shape index (κ3) is 3.72. The van der Waals surface area contributed by atoms with Crippen LogP contribution in [0.1, 0.15) is 10.4 Å². The second-order valence-corrected chi connectivity index (χ2v) is 7.27. The van der Waals surface area contributed by atoms with Gasteiger partial charge in [-0.3, -0.25) is 4.79 Å². The molecule has 0 saturated carbocycles. The van der Waals surface area contributed by atoms with Gasteiger partial charge in [0.25, 0.3) is 5.91 Å². The van der Waals surface area contributed by atoms with Crippen LogP contribution in [-0.4, -0.2) is 39.8 Å². The van der Waals surface area contributed by atoms with Gasteiger partial charge in [-0.05, 0) is 36.4 Å². The normalized spacial score (nSPS) is 11.4. The van der Waals surface area contributed by atoms with Crippen molar-refractivity contribution in [3.63, 3.8) is 0 Å². The molecular formula is C16H17FN2O4S. The van der Waals surface area contributed by atoms with Gasteiger partial charge < -0.3 is 10.1 Å². The van der Waals surface area contributed by atoms with Crippen LogP contribution in [0.5, 0.6) is 5.75 Å². The number of hydrogen-bond donors (Lipinski definition) is 1. The maximum atomic E-state index is 13.7. The molecule has 8 heteroatoms. The van der Waals surface area contributed by atoms with Crippen molar-refractivity contribution in [3.05, 3.63) is 53.8 Å². The minimum Gasteiger partial charge on any atom is -0.494 e. The summed E-state index contributed by atoms with van der Waals surface area (Å²) in [5, 5.41) is 2.54. The Hall–Kier alpha value is -2.45. The van der Waals surface area contributed by atoms with Crippen LogP contribution in [0.3, 0.4) is 0 Å². The van der Waals surface area contributed by atoms with E-state index in [4.69, 9.17) is 4.74 Å². The van der Waals surface area contributed by atoms with Crippen LogP contribution in [0.15, 0.2) is 47.4 Å². The zero-order valence-electron chi connectivity index (χ0n) is 13.4. The van der Waals surface area contributed by atoms with Crippen molar-refractivity contribution in [2.45, 2.75) is 4.90 Å². The molecule has 0 aromatic heterocycles. The monoisotopic (exact) mass is 352 g/mol. The van der Waals surface area contributed by atoms with Crippen LogP contribution in [0.25, 0.3) is 0 Å². The highest BCUT2D eigenvalue weighted by molar-refractivity contribution is 7.89. The number of ether oxygens (including phenoxy) is 1. The first-order valence-corrected chi connectivity index (χ1v) is 8.37. The molecule has 24 heavy (non-hydrogen) atoms. The summed E-state index contributed by atoms with van der Waals surface area (Å²) in [6.45, 7) is 0. The van der Waals surface area contributed by atoms with Gasteiger partial charge in [-0.2, -0.15) is 0 Å². The van der Waals surface area contributed by atoms with Crippen LogP contribution < -0.4 is 10.1 Å². The molecule has 0 aliphatic heterocycles. The van der Waals surface area contributed by atoms with E-state index in [1.807, 2.05) is 0 Å². The summed E-state index contributed by atoms with van der Waals surface area (Å²) in [4.78, 5) is 12.2. The van der Waals surface area contributed by atoms with Gasteiger partial charge in [-0.25, -0.2) is 17.1 Å².